The third-order valence-electron chi connectivity index (χ3n) is 8.96. The van der Waals surface area contributed by atoms with Gasteiger partial charge >= 0.3 is 5.97 Å². The van der Waals surface area contributed by atoms with E-state index in [0.717, 1.165) is 35.2 Å². The second-order valence-corrected chi connectivity index (χ2v) is 12.8. The molecule has 0 saturated carbocycles. The highest BCUT2D eigenvalue weighted by Gasteiger charge is 2.38. The van der Waals surface area contributed by atoms with Crippen molar-refractivity contribution < 1.29 is 23.5 Å². The molecule has 1 amide bonds. The summed E-state index contributed by atoms with van der Waals surface area (Å²) >= 11 is 5.97. The van der Waals surface area contributed by atoms with Crippen molar-refractivity contribution in [3.63, 3.8) is 0 Å². The molecule has 4 aromatic rings. The Morgan fingerprint density at radius 3 is 2.49 bits per heavy atom. The topological polar surface area (TPSA) is 89.8 Å². The van der Waals surface area contributed by atoms with Gasteiger partial charge in [0, 0.05) is 56.0 Å². The van der Waals surface area contributed by atoms with E-state index in [4.69, 9.17) is 31.0 Å². The molecule has 2 fully saturated rings. The van der Waals surface area contributed by atoms with Gasteiger partial charge in [-0.25, -0.2) is 19.2 Å². The van der Waals surface area contributed by atoms with Crippen LogP contribution in [0.3, 0.4) is 0 Å². The maximum Gasteiger partial charge on any atom is 0.339 e. The van der Waals surface area contributed by atoms with Gasteiger partial charge in [-0.2, -0.15) is 0 Å². The second-order valence-electron chi connectivity index (χ2n) is 12.4. The van der Waals surface area contributed by atoms with Crippen molar-refractivity contribution in [3.05, 3.63) is 75.9 Å². The summed E-state index contributed by atoms with van der Waals surface area (Å²) in [4.78, 5) is 40.0. The zero-order chi connectivity index (χ0) is 32.0. The lowest BCUT2D eigenvalue weighted by Crippen LogP contribution is -2.61. The Morgan fingerprint density at radius 1 is 1.07 bits per heavy atom. The van der Waals surface area contributed by atoms with Gasteiger partial charge in [0.25, 0.3) is 5.91 Å². The lowest BCUT2D eigenvalue weighted by Gasteiger charge is -2.47. The normalized spacial score (nSPS) is 17.1. The largest absolute Gasteiger partial charge is 0.465 e. The second kappa shape index (κ2) is 12.1. The molecule has 45 heavy (non-hydrogen) atoms. The molecule has 0 bridgehead atoms. The van der Waals surface area contributed by atoms with Gasteiger partial charge in [-0.05, 0) is 82.0 Å². The van der Waals surface area contributed by atoms with Crippen molar-refractivity contribution in [3.8, 4) is 11.1 Å². The molecule has 6 rings (SSSR count). The molecule has 0 unspecified atom stereocenters. The van der Waals surface area contributed by atoms with E-state index in [2.05, 4.69) is 9.47 Å². The molecule has 11 heteroatoms. The fraction of sp³-hybridized carbons (Fsp3) is 0.412. The quantitative estimate of drug-likeness (QED) is 0.235. The predicted octanol–water partition coefficient (Wildman–Crippen LogP) is 6.39. The van der Waals surface area contributed by atoms with Crippen LogP contribution >= 0.6 is 11.6 Å². The molecule has 2 aliphatic rings. The molecule has 5 heterocycles. The highest BCUT2D eigenvalue weighted by atomic mass is 35.5. The first-order valence-corrected chi connectivity index (χ1v) is 15.5. The van der Waals surface area contributed by atoms with E-state index in [-0.39, 0.29) is 17.0 Å². The van der Waals surface area contributed by atoms with Crippen molar-refractivity contribution in [2.24, 2.45) is 0 Å². The number of rotatable bonds is 5. The number of benzene rings is 1. The number of piperazine rings is 1. The number of aryl methyl sites for hydroxylation is 2. The molecule has 9 nitrogen and oxygen atoms in total. The minimum Gasteiger partial charge on any atom is -0.465 e. The van der Waals surface area contributed by atoms with Crippen LogP contribution in [0.1, 0.15) is 64.8 Å². The Hall–Kier alpha value is -4.02. The van der Waals surface area contributed by atoms with Crippen molar-refractivity contribution in [1.82, 2.24) is 19.4 Å². The molecule has 0 atom stereocenters. The van der Waals surface area contributed by atoms with Gasteiger partial charge in [0.05, 0.1) is 28.9 Å². The first-order chi connectivity index (χ1) is 21.5. The zero-order valence-corrected chi connectivity index (χ0v) is 26.9. The molecule has 1 aromatic carbocycles. The predicted molar refractivity (Wildman–Crippen MR) is 172 cm³/mol. The number of hydrogen-bond acceptors (Lipinski definition) is 7. The number of nitrogens with zero attached hydrogens (tertiary/aromatic N) is 5. The Kier molecular flexibility index (Phi) is 8.30. The summed E-state index contributed by atoms with van der Waals surface area (Å²) in [5.74, 6) is -0.276. The number of anilines is 1. The minimum atomic E-state index is -0.537. The number of fused-ring (bicyclic) bond motifs is 1. The van der Waals surface area contributed by atoms with Crippen LogP contribution in [0.25, 0.3) is 22.2 Å². The minimum absolute atomic E-state index is 0.0693. The summed E-state index contributed by atoms with van der Waals surface area (Å²) in [6.07, 6.45) is 3.65. The van der Waals surface area contributed by atoms with Crippen LogP contribution in [0.4, 0.5) is 10.2 Å². The maximum absolute atomic E-state index is 14.5. The van der Waals surface area contributed by atoms with Crippen LogP contribution in [0, 0.1) is 19.7 Å². The van der Waals surface area contributed by atoms with Gasteiger partial charge in [0.2, 0.25) is 0 Å². The fourth-order valence-electron chi connectivity index (χ4n) is 6.63. The summed E-state index contributed by atoms with van der Waals surface area (Å²) in [7, 11) is 1.36. The third kappa shape index (κ3) is 5.77. The van der Waals surface area contributed by atoms with E-state index in [1.54, 1.807) is 25.1 Å². The number of methoxy groups -OCH3 is 1. The number of hydrogen-bond donors (Lipinski definition) is 0. The Morgan fingerprint density at radius 2 is 1.82 bits per heavy atom. The van der Waals surface area contributed by atoms with E-state index in [1.165, 1.54) is 13.2 Å². The number of carbonyl (C=O) groups excluding carboxylic acids is 2. The standard InChI is InChI=1S/C34H37ClFN5O4/c1-20-16-29(37-21(2)30(20)33(43)44-5)39-12-13-41(34(3,4)19-39)32(42)28-9-7-24-25(22-6-8-26(35)27(36)17-22)18-40(31(24)38-28)23-10-14-45-15-11-23/h6-9,16-18,23H,10-15,19H2,1-5H3. The molecule has 0 N–H and O–H groups in total. The highest BCUT2D eigenvalue weighted by molar-refractivity contribution is 6.30. The monoisotopic (exact) mass is 633 g/mol. The average Bonchev–Trinajstić information content (AvgIpc) is 3.40. The van der Waals surface area contributed by atoms with Crippen molar-refractivity contribution in [2.45, 2.75) is 52.1 Å². The molecular weight excluding hydrogens is 597 g/mol. The molecule has 0 aliphatic carbocycles. The number of halogens is 2. The lowest BCUT2D eigenvalue weighted by atomic mass is 9.97. The first-order valence-electron chi connectivity index (χ1n) is 15.2. The maximum atomic E-state index is 14.5. The van der Waals surface area contributed by atoms with Gasteiger partial charge in [0.1, 0.15) is 23.0 Å². The van der Waals surface area contributed by atoms with E-state index in [9.17, 15) is 14.0 Å². The van der Waals surface area contributed by atoms with Crippen LogP contribution < -0.4 is 4.90 Å². The molecule has 3 aromatic heterocycles. The number of aromatic nitrogens is 3. The molecule has 2 aliphatic heterocycles. The Bertz CT molecular complexity index is 1780. The summed E-state index contributed by atoms with van der Waals surface area (Å²) in [6.45, 7) is 10.6. The van der Waals surface area contributed by atoms with Crippen molar-refractivity contribution >= 4 is 40.3 Å². The molecule has 2 saturated heterocycles. The van der Waals surface area contributed by atoms with Gasteiger partial charge in [-0.3, -0.25) is 4.79 Å². The van der Waals surface area contributed by atoms with Crippen molar-refractivity contribution in [1.29, 1.82) is 0 Å². The zero-order valence-electron chi connectivity index (χ0n) is 26.2. The van der Waals surface area contributed by atoms with Gasteiger partial charge in [-0.1, -0.05) is 17.7 Å². The van der Waals surface area contributed by atoms with E-state index >= 15 is 0 Å². The Balaban J connectivity index is 1.31. The number of pyridine rings is 2. The van der Waals surface area contributed by atoms with E-state index in [1.807, 2.05) is 44.0 Å². The number of amides is 1. The van der Waals surface area contributed by atoms with E-state index in [0.29, 0.717) is 61.0 Å². The Labute approximate surface area is 266 Å². The highest BCUT2D eigenvalue weighted by Crippen LogP contribution is 2.36. The molecule has 0 radical (unpaired) electrons. The summed E-state index contributed by atoms with van der Waals surface area (Å²) in [6, 6.07) is 10.5. The smallest absolute Gasteiger partial charge is 0.339 e. The van der Waals surface area contributed by atoms with Crippen LogP contribution in [-0.4, -0.2) is 76.8 Å². The van der Waals surface area contributed by atoms with Crippen molar-refractivity contribution in [2.75, 3.05) is 44.9 Å². The SMILES string of the molecule is COC(=O)c1c(C)cc(N2CCN(C(=O)c3ccc4c(-c5ccc(Cl)c(F)c5)cn(C5CCOCC5)c4n3)C(C)(C)C2)nc1C. The summed E-state index contributed by atoms with van der Waals surface area (Å²) < 4.78 is 27.1. The lowest BCUT2D eigenvalue weighted by molar-refractivity contribution is 0.0506. The number of ether oxygens (including phenoxy) is 2. The molecular formula is C34H37ClFN5O4. The van der Waals surface area contributed by atoms with Crippen LogP contribution in [0.15, 0.2) is 42.6 Å². The first kappa shape index (κ1) is 31.0. The van der Waals surface area contributed by atoms with Gasteiger partial charge < -0.3 is 23.8 Å². The number of esters is 1. The summed E-state index contributed by atoms with van der Waals surface area (Å²) in [5, 5.41) is 0.913. The van der Waals surface area contributed by atoms with Crippen LogP contribution in [-0.2, 0) is 9.47 Å². The number of carbonyl (C=O) groups is 2. The summed E-state index contributed by atoms with van der Waals surface area (Å²) in [5.41, 5.74) is 3.93. The molecule has 0 spiro atoms. The van der Waals surface area contributed by atoms with Crippen LogP contribution in [0.2, 0.25) is 5.02 Å². The fourth-order valence-corrected chi connectivity index (χ4v) is 6.75. The van der Waals surface area contributed by atoms with Gasteiger partial charge in [-0.15, -0.1) is 0 Å². The third-order valence-corrected chi connectivity index (χ3v) is 9.26. The molecule has 236 valence electrons. The van der Waals surface area contributed by atoms with Gasteiger partial charge in [0.15, 0.2) is 0 Å². The average molecular weight is 634 g/mol. The van der Waals surface area contributed by atoms with Crippen LogP contribution in [0.5, 0.6) is 0 Å². The van der Waals surface area contributed by atoms with E-state index < -0.39 is 17.3 Å².